The predicted molar refractivity (Wildman–Crippen MR) is 113 cm³/mol. The zero-order chi connectivity index (χ0) is 21.7. The second kappa shape index (κ2) is 9.52. The van der Waals surface area contributed by atoms with Gasteiger partial charge in [-0.2, -0.15) is 4.31 Å². The Labute approximate surface area is 179 Å². The average Bonchev–Trinajstić information content (AvgIpc) is 2.75. The molecule has 11 heteroatoms. The first kappa shape index (κ1) is 22.2. The van der Waals surface area contributed by atoms with E-state index in [0.29, 0.717) is 30.4 Å². The van der Waals surface area contributed by atoms with Gasteiger partial charge in [0.1, 0.15) is 0 Å². The highest BCUT2D eigenvalue weighted by Crippen LogP contribution is 2.30. The molecule has 1 fully saturated rings. The number of amides is 2. The van der Waals surface area contributed by atoms with Gasteiger partial charge in [0.15, 0.2) is 11.5 Å². The molecule has 2 aromatic carbocycles. The topological polar surface area (TPSA) is 106 Å². The molecule has 162 valence electrons. The van der Waals surface area contributed by atoms with Crippen LogP contribution in [-0.4, -0.2) is 59.3 Å². The molecule has 1 heterocycles. The first-order chi connectivity index (χ1) is 14.3. The number of morpholine rings is 1. The number of halogens is 1. The smallest absolute Gasteiger partial charge is 0.323 e. The molecule has 0 bridgehead atoms. The SMILES string of the molecule is COc1ccc(NC(=O)Nc2cc(S(=O)(=O)N3CCOCC3)ccc2Cl)cc1OC. The van der Waals surface area contributed by atoms with Gasteiger partial charge in [0, 0.05) is 24.8 Å². The number of benzene rings is 2. The van der Waals surface area contributed by atoms with E-state index in [2.05, 4.69) is 10.6 Å². The van der Waals surface area contributed by atoms with E-state index in [9.17, 15) is 13.2 Å². The zero-order valence-electron chi connectivity index (χ0n) is 16.5. The van der Waals surface area contributed by atoms with Crippen molar-refractivity contribution in [3.63, 3.8) is 0 Å². The normalized spacial score (nSPS) is 14.8. The third-order valence-corrected chi connectivity index (χ3v) is 6.66. The predicted octanol–water partition coefficient (Wildman–Crippen LogP) is 3.02. The van der Waals surface area contributed by atoms with Crippen molar-refractivity contribution in [2.24, 2.45) is 0 Å². The van der Waals surface area contributed by atoms with E-state index < -0.39 is 16.1 Å². The van der Waals surface area contributed by atoms with Crippen LogP contribution in [-0.2, 0) is 14.8 Å². The molecule has 30 heavy (non-hydrogen) atoms. The number of nitrogens with one attached hydrogen (secondary N) is 2. The van der Waals surface area contributed by atoms with Gasteiger partial charge in [0.25, 0.3) is 0 Å². The van der Waals surface area contributed by atoms with Crippen LogP contribution >= 0.6 is 11.6 Å². The molecule has 2 N–H and O–H groups in total. The molecule has 2 aromatic rings. The maximum Gasteiger partial charge on any atom is 0.323 e. The maximum absolute atomic E-state index is 12.8. The minimum Gasteiger partial charge on any atom is -0.493 e. The summed E-state index contributed by atoms with van der Waals surface area (Å²) < 4.78 is 42.6. The summed E-state index contributed by atoms with van der Waals surface area (Å²) in [6, 6.07) is 8.47. The fourth-order valence-corrected chi connectivity index (χ4v) is 4.49. The number of methoxy groups -OCH3 is 2. The average molecular weight is 456 g/mol. The molecule has 1 aliphatic heterocycles. The van der Waals surface area contributed by atoms with Crippen molar-refractivity contribution in [2.45, 2.75) is 4.90 Å². The summed E-state index contributed by atoms with van der Waals surface area (Å²) in [7, 11) is -0.721. The Balaban J connectivity index is 1.76. The Morgan fingerprint density at radius 2 is 1.73 bits per heavy atom. The molecule has 1 saturated heterocycles. The lowest BCUT2D eigenvalue weighted by Gasteiger charge is -2.26. The second-order valence-corrected chi connectivity index (χ2v) is 8.65. The van der Waals surface area contributed by atoms with E-state index in [1.54, 1.807) is 18.2 Å². The first-order valence-electron chi connectivity index (χ1n) is 9.02. The number of nitrogens with zero attached hydrogens (tertiary/aromatic N) is 1. The van der Waals surface area contributed by atoms with E-state index in [0.717, 1.165) is 0 Å². The number of anilines is 2. The largest absolute Gasteiger partial charge is 0.493 e. The second-order valence-electron chi connectivity index (χ2n) is 6.31. The van der Waals surface area contributed by atoms with E-state index in [4.69, 9.17) is 25.8 Å². The van der Waals surface area contributed by atoms with Crippen molar-refractivity contribution < 1.29 is 27.4 Å². The van der Waals surface area contributed by atoms with E-state index >= 15 is 0 Å². The first-order valence-corrected chi connectivity index (χ1v) is 10.8. The quantitative estimate of drug-likeness (QED) is 0.693. The van der Waals surface area contributed by atoms with Crippen LogP contribution in [0.25, 0.3) is 0 Å². The van der Waals surface area contributed by atoms with Crippen LogP contribution < -0.4 is 20.1 Å². The van der Waals surface area contributed by atoms with Gasteiger partial charge in [-0.25, -0.2) is 13.2 Å². The third-order valence-electron chi connectivity index (χ3n) is 4.44. The monoisotopic (exact) mass is 455 g/mol. The van der Waals surface area contributed by atoms with Gasteiger partial charge in [0.05, 0.1) is 43.0 Å². The van der Waals surface area contributed by atoms with Crippen LogP contribution in [0, 0.1) is 0 Å². The minimum absolute atomic E-state index is 0.0372. The molecule has 0 aliphatic carbocycles. The summed E-state index contributed by atoms with van der Waals surface area (Å²) in [4.78, 5) is 12.5. The van der Waals surface area contributed by atoms with E-state index in [1.807, 2.05) is 0 Å². The van der Waals surface area contributed by atoms with E-state index in [1.165, 1.54) is 36.7 Å². The lowest BCUT2D eigenvalue weighted by molar-refractivity contribution is 0.0730. The summed E-state index contributed by atoms with van der Waals surface area (Å²) >= 11 is 6.16. The molecule has 0 atom stereocenters. The molecule has 0 radical (unpaired) electrons. The van der Waals surface area contributed by atoms with Crippen molar-refractivity contribution in [3.8, 4) is 11.5 Å². The molecule has 0 aromatic heterocycles. The number of rotatable bonds is 6. The van der Waals surface area contributed by atoms with Crippen LogP contribution in [0.4, 0.5) is 16.2 Å². The number of sulfonamides is 1. The fraction of sp³-hybridized carbons (Fsp3) is 0.316. The van der Waals surface area contributed by atoms with Gasteiger partial charge in [-0.15, -0.1) is 0 Å². The molecule has 1 aliphatic rings. The third kappa shape index (κ3) is 4.96. The Morgan fingerprint density at radius 3 is 2.40 bits per heavy atom. The number of carbonyl (C=O) groups excluding carboxylic acids is 1. The lowest BCUT2D eigenvalue weighted by atomic mass is 10.2. The minimum atomic E-state index is -3.72. The van der Waals surface area contributed by atoms with Crippen LogP contribution in [0.15, 0.2) is 41.3 Å². The van der Waals surface area contributed by atoms with Gasteiger partial charge >= 0.3 is 6.03 Å². The highest BCUT2D eigenvalue weighted by atomic mass is 35.5. The Bertz CT molecular complexity index is 1020. The fourth-order valence-electron chi connectivity index (χ4n) is 2.90. The standard InChI is InChI=1S/C19H22ClN3O6S/c1-27-17-6-3-13(11-18(17)28-2)21-19(24)22-16-12-14(4-5-15(16)20)30(25,26)23-7-9-29-10-8-23/h3-6,11-12H,7-10H2,1-2H3,(H2,21,22,24). The van der Waals surface area contributed by atoms with Crippen LogP contribution in [0.2, 0.25) is 5.02 Å². The summed E-state index contributed by atoms with van der Waals surface area (Å²) in [5.41, 5.74) is 0.627. The molecule has 2 amide bonds. The summed E-state index contributed by atoms with van der Waals surface area (Å²) in [5, 5.41) is 5.43. The number of hydrogen-bond acceptors (Lipinski definition) is 6. The van der Waals surface area contributed by atoms with Crippen molar-refractivity contribution in [3.05, 3.63) is 41.4 Å². The highest BCUT2D eigenvalue weighted by molar-refractivity contribution is 7.89. The number of ether oxygens (including phenoxy) is 3. The molecule has 9 nitrogen and oxygen atoms in total. The van der Waals surface area contributed by atoms with Crippen molar-refractivity contribution >= 4 is 39.0 Å². The molecular formula is C19H22ClN3O6S. The molecule has 3 rings (SSSR count). The van der Waals surface area contributed by atoms with Gasteiger partial charge in [-0.3, -0.25) is 0 Å². The molecular weight excluding hydrogens is 434 g/mol. The van der Waals surface area contributed by atoms with Crippen LogP contribution in [0.5, 0.6) is 11.5 Å². The highest BCUT2D eigenvalue weighted by Gasteiger charge is 2.27. The summed E-state index contributed by atoms with van der Waals surface area (Å²) in [6.45, 7) is 1.22. The Kier molecular flexibility index (Phi) is 7.03. The Morgan fingerprint density at radius 1 is 1.03 bits per heavy atom. The van der Waals surface area contributed by atoms with Crippen molar-refractivity contribution in [1.29, 1.82) is 0 Å². The Hall–Kier alpha value is -2.53. The van der Waals surface area contributed by atoms with Gasteiger partial charge in [-0.1, -0.05) is 11.6 Å². The van der Waals surface area contributed by atoms with Crippen molar-refractivity contribution in [1.82, 2.24) is 4.31 Å². The number of urea groups is 1. The summed E-state index contributed by atoms with van der Waals surface area (Å²) in [6.07, 6.45) is 0. The lowest BCUT2D eigenvalue weighted by Crippen LogP contribution is -2.40. The van der Waals surface area contributed by atoms with Crippen LogP contribution in [0.3, 0.4) is 0 Å². The molecule has 0 saturated carbocycles. The zero-order valence-corrected chi connectivity index (χ0v) is 18.0. The van der Waals surface area contributed by atoms with Gasteiger partial charge in [0.2, 0.25) is 10.0 Å². The van der Waals surface area contributed by atoms with Gasteiger partial charge in [-0.05, 0) is 30.3 Å². The maximum atomic E-state index is 12.8. The number of carbonyl (C=O) groups is 1. The van der Waals surface area contributed by atoms with Gasteiger partial charge < -0.3 is 24.8 Å². The molecule has 0 spiro atoms. The summed E-state index contributed by atoms with van der Waals surface area (Å²) in [5.74, 6) is 0.972. The van der Waals surface area contributed by atoms with E-state index in [-0.39, 0.29) is 28.7 Å². The molecule has 0 unspecified atom stereocenters. The number of hydrogen-bond donors (Lipinski definition) is 2. The van der Waals surface area contributed by atoms with Crippen molar-refractivity contribution in [2.75, 3.05) is 51.2 Å². The van der Waals surface area contributed by atoms with Crippen LogP contribution in [0.1, 0.15) is 0 Å².